The minimum atomic E-state index is -1.05. The molecule has 8 nitrogen and oxygen atoms in total. The molecule has 0 heterocycles. The van der Waals surface area contributed by atoms with Gasteiger partial charge in [-0.1, -0.05) is 190 Å². The van der Waals surface area contributed by atoms with Crippen LogP contribution in [0.2, 0.25) is 0 Å². The van der Waals surface area contributed by atoms with Gasteiger partial charge in [-0.3, -0.25) is 0 Å². The summed E-state index contributed by atoms with van der Waals surface area (Å²) in [6.45, 7) is 5.42. The third-order valence-corrected chi connectivity index (χ3v) is 10.9. The summed E-state index contributed by atoms with van der Waals surface area (Å²) in [5, 5.41) is 42.2. The van der Waals surface area contributed by atoms with Crippen LogP contribution < -0.4 is 10.2 Å². The van der Waals surface area contributed by atoms with Gasteiger partial charge >= 0.3 is 48.9 Å². The van der Waals surface area contributed by atoms with E-state index in [9.17, 15) is 30.0 Å². The second kappa shape index (κ2) is 42.1. The van der Waals surface area contributed by atoms with Gasteiger partial charge in [-0.05, 0) is 75.3 Å². The molecule has 0 radical (unpaired) electrons. The zero-order chi connectivity index (χ0) is 42.3. The molecule has 0 fully saturated rings. The van der Waals surface area contributed by atoms with Gasteiger partial charge in [0.25, 0.3) is 0 Å². The first kappa shape index (κ1) is 57.8. The summed E-state index contributed by atoms with van der Waals surface area (Å²) < 4.78 is 11.8. The van der Waals surface area contributed by atoms with Gasteiger partial charge in [0.05, 0.1) is 37.6 Å². The van der Waals surface area contributed by atoms with Crippen molar-refractivity contribution in [3.63, 3.8) is 0 Å². The number of carboxylic acid groups (broad SMARTS) is 2. The number of rotatable bonds is 38. The topological polar surface area (TPSA) is 139 Å². The van der Waals surface area contributed by atoms with Crippen molar-refractivity contribution in [1.82, 2.24) is 0 Å². The summed E-state index contributed by atoms with van der Waals surface area (Å²) >= 11 is 0. The van der Waals surface area contributed by atoms with E-state index in [-0.39, 0.29) is 86.1 Å². The number of hydrogen-bond acceptors (Lipinski definition) is 8. The van der Waals surface area contributed by atoms with Crippen molar-refractivity contribution in [3.8, 4) is 0 Å². The Morgan fingerprint density at radius 1 is 0.458 bits per heavy atom. The van der Waals surface area contributed by atoms with Crippen LogP contribution in [0.25, 0.3) is 0 Å². The summed E-state index contributed by atoms with van der Waals surface area (Å²) in [6.07, 6.45) is 27.2. The quantitative estimate of drug-likeness (QED) is 0.0501. The fourth-order valence-corrected chi connectivity index (χ4v) is 7.18. The first-order valence-electron chi connectivity index (χ1n) is 23.3. The molecule has 0 saturated carbocycles. The molecular formula is C50H82BaO8. The Bertz CT molecular complexity index is 1110. The number of ether oxygens (including phenoxy) is 2. The molecule has 0 aliphatic carbocycles. The van der Waals surface area contributed by atoms with Crippen molar-refractivity contribution < 1.29 is 39.5 Å². The SMILES string of the molecule is CCCCCCCCCCCC(O)CCC(CCC(=O)[O-])OCc1ccccc1.CCCCCCCCCCCC(O)CCC(CCC(=O)[O-])OCc1ccccc1.[Ba+2]. The summed E-state index contributed by atoms with van der Waals surface area (Å²) in [5.74, 6) is -2.10. The van der Waals surface area contributed by atoms with E-state index in [0.29, 0.717) is 51.7 Å². The molecule has 59 heavy (non-hydrogen) atoms. The van der Waals surface area contributed by atoms with Crippen LogP contribution in [0.15, 0.2) is 60.7 Å². The van der Waals surface area contributed by atoms with Crippen LogP contribution in [-0.2, 0) is 32.3 Å². The summed E-state index contributed by atoms with van der Waals surface area (Å²) in [6, 6.07) is 19.7. The number of carbonyl (C=O) groups is 2. The van der Waals surface area contributed by atoms with E-state index < -0.39 is 11.9 Å². The van der Waals surface area contributed by atoms with Crippen LogP contribution in [0.5, 0.6) is 0 Å². The summed E-state index contributed by atoms with van der Waals surface area (Å²) in [4.78, 5) is 21.6. The molecule has 4 unspecified atom stereocenters. The maximum Gasteiger partial charge on any atom is 2.00 e. The van der Waals surface area contributed by atoms with E-state index in [1.807, 2.05) is 60.7 Å². The van der Waals surface area contributed by atoms with Crippen LogP contribution in [0.3, 0.4) is 0 Å². The Morgan fingerprint density at radius 2 is 0.763 bits per heavy atom. The summed E-state index contributed by atoms with van der Waals surface area (Å²) in [5.41, 5.74) is 2.14. The van der Waals surface area contributed by atoms with E-state index in [1.165, 1.54) is 103 Å². The molecular weight excluding hydrogens is 866 g/mol. The van der Waals surface area contributed by atoms with Crippen molar-refractivity contribution in [3.05, 3.63) is 71.8 Å². The minimum Gasteiger partial charge on any atom is -0.550 e. The normalized spacial score (nSPS) is 13.1. The van der Waals surface area contributed by atoms with E-state index in [1.54, 1.807) is 0 Å². The van der Waals surface area contributed by atoms with Gasteiger partial charge in [0, 0.05) is 11.9 Å². The molecule has 0 aromatic heterocycles. The minimum absolute atomic E-state index is 0. The first-order chi connectivity index (χ1) is 28.2. The molecule has 0 spiro atoms. The molecule has 0 saturated heterocycles. The van der Waals surface area contributed by atoms with Crippen molar-refractivity contribution in [1.29, 1.82) is 0 Å². The number of hydrogen-bond donors (Lipinski definition) is 2. The molecule has 0 aliphatic heterocycles. The number of aliphatic hydroxyl groups excluding tert-OH is 2. The molecule has 2 N–H and O–H groups in total. The third kappa shape index (κ3) is 38.2. The first-order valence-corrected chi connectivity index (χ1v) is 23.3. The molecule has 0 aliphatic rings. The second-order valence-corrected chi connectivity index (χ2v) is 16.4. The van der Waals surface area contributed by atoms with Crippen molar-refractivity contribution in [2.24, 2.45) is 0 Å². The van der Waals surface area contributed by atoms with Gasteiger partial charge in [-0.25, -0.2) is 0 Å². The van der Waals surface area contributed by atoms with Crippen LogP contribution in [-0.4, -0.2) is 95.4 Å². The van der Waals surface area contributed by atoms with Crippen LogP contribution in [0, 0.1) is 0 Å². The van der Waals surface area contributed by atoms with Gasteiger partial charge in [-0.2, -0.15) is 0 Å². The average molecular weight is 949 g/mol. The van der Waals surface area contributed by atoms with Crippen molar-refractivity contribution in [2.75, 3.05) is 0 Å². The zero-order valence-electron chi connectivity index (χ0n) is 37.3. The number of carbonyl (C=O) groups excluding carboxylic acids is 2. The number of unbranched alkanes of at least 4 members (excludes halogenated alkanes) is 16. The van der Waals surface area contributed by atoms with Gasteiger partial charge in [0.2, 0.25) is 0 Å². The second-order valence-electron chi connectivity index (χ2n) is 16.4. The maximum absolute atomic E-state index is 10.8. The largest absolute Gasteiger partial charge is 2.00 e. The monoisotopic (exact) mass is 949 g/mol. The standard InChI is InChI=1S/2C25H42O4.Ba/c2*1-2-3-4-5-6-7-8-9-13-16-23(26)17-18-24(19-20-25(27)28)29-21-22-14-11-10-12-15-22;/h2*10-12,14-15,23-24,26H,2-9,13,16-21H2,1H3,(H,27,28);/q;;+2/p-2. The molecule has 2 aromatic carbocycles. The molecule has 332 valence electrons. The Kier molecular flexibility index (Phi) is 41.2. The van der Waals surface area contributed by atoms with E-state index in [0.717, 1.165) is 36.8 Å². The van der Waals surface area contributed by atoms with Crippen molar-refractivity contribution in [2.45, 2.75) is 231 Å². The molecule has 0 bridgehead atoms. The van der Waals surface area contributed by atoms with Crippen molar-refractivity contribution >= 4 is 60.8 Å². The smallest absolute Gasteiger partial charge is 0.550 e. The van der Waals surface area contributed by atoms with Crippen LogP contribution in [0.1, 0.15) is 205 Å². The Morgan fingerprint density at radius 3 is 1.07 bits per heavy atom. The Balaban J connectivity index is 0.00000112. The zero-order valence-corrected chi connectivity index (χ0v) is 41.8. The van der Waals surface area contributed by atoms with E-state index in [4.69, 9.17) is 9.47 Å². The Labute approximate surface area is 400 Å². The molecule has 2 rings (SSSR count). The third-order valence-electron chi connectivity index (χ3n) is 10.9. The summed E-state index contributed by atoms with van der Waals surface area (Å²) in [7, 11) is 0. The predicted octanol–water partition coefficient (Wildman–Crippen LogP) is 9.95. The van der Waals surface area contributed by atoms with Crippen LogP contribution >= 0.6 is 0 Å². The fraction of sp³-hybridized carbons (Fsp3) is 0.720. The van der Waals surface area contributed by atoms with E-state index >= 15 is 0 Å². The predicted molar refractivity (Wildman–Crippen MR) is 238 cm³/mol. The number of carboxylic acids is 2. The average Bonchev–Trinajstić information content (AvgIpc) is 3.22. The maximum atomic E-state index is 10.8. The number of aliphatic carboxylic acids is 2. The fourth-order valence-electron chi connectivity index (χ4n) is 7.18. The van der Waals surface area contributed by atoms with Gasteiger partial charge in [0.15, 0.2) is 0 Å². The number of benzene rings is 2. The molecule has 4 atom stereocenters. The molecule has 0 amide bonds. The molecule has 2 aromatic rings. The molecule has 9 heteroatoms. The van der Waals surface area contributed by atoms with E-state index in [2.05, 4.69) is 13.8 Å². The van der Waals surface area contributed by atoms with Crippen LogP contribution in [0.4, 0.5) is 0 Å². The van der Waals surface area contributed by atoms with Gasteiger partial charge in [0.1, 0.15) is 0 Å². The van der Waals surface area contributed by atoms with Gasteiger partial charge in [-0.15, -0.1) is 0 Å². The van der Waals surface area contributed by atoms with Gasteiger partial charge < -0.3 is 39.5 Å². The number of aliphatic hydroxyl groups is 2. The Hall–Kier alpha value is -1.21.